The third-order valence-corrected chi connectivity index (χ3v) is 4.04. The Hall–Kier alpha value is -0.500. The van der Waals surface area contributed by atoms with Crippen LogP contribution in [0.5, 0.6) is 0 Å². The van der Waals surface area contributed by atoms with Gasteiger partial charge in [-0.15, -0.1) is 0 Å². The van der Waals surface area contributed by atoms with Gasteiger partial charge in [0.25, 0.3) is 0 Å². The zero-order valence-corrected chi connectivity index (χ0v) is 17.8. The third kappa shape index (κ3) is 31.7. The molecule has 0 radical (unpaired) electrons. The molecule has 0 unspecified atom stereocenters. The van der Waals surface area contributed by atoms with Crippen LogP contribution in [0.25, 0.3) is 0 Å². The molecule has 152 valence electrons. The number of aliphatic imine (C=N–C) groups is 1. The maximum atomic E-state index is 9.22. The van der Waals surface area contributed by atoms with Crippen LogP contribution >= 0.6 is 0 Å². The smallest absolute Gasteiger partial charge is 0.217 e. The summed E-state index contributed by atoms with van der Waals surface area (Å²) in [4.78, 5) is 4.50. The van der Waals surface area contributed by atoms with Crippen molar-refractivity contribution < 1.29 is 21.6 Å². The second-order valence-corrected chi connectivity index (χ2v) is 8.44. The fraction of sp³-hybridized carbons (Fsp3) is 0.944. The Bertz CT molecular complexity index is 404. The third-order valence-electron chi connectivity index (χ3n) is 3.64. The molecule has 0 spiro atoms. The van der Waals surface area contributed by atoms with Crippen molar-refractivity contribution >= 4 is 16.6 Å². The number of hydrogen-bond acceptors (Lipinski definition) is 5. The van der Waals surface area contributed by atoms with Gasteiger partial charge in [0.2, 0.25) is 10.4 Å². The molecule has 0 saturated heterocycles. The second-order valence-electron chi connectivity index (χ2n) is 7.29. The van der Waals surface area contributed by atoms with E-state index in [1.54, 1.807) is 0 Å². The predicted molar refractivity (Wildman–Crippen MR) is 105 cm³/mol. The molecule has 0 rings (SSSR count). The Balaban J connectivity index is 0. The van der Waals surface area contributed by atoms with Crippen molar-refractivity contribution in [1.82, 2.24) is 0 Å². The average molecular weight is 381 g/mol. The molecule has 6 nitrogen and oxygen atoms in total. The Labute approximate surface area is 156 Å². The molecule has 0 aromatic rings. The van der Waals surface area contributed by atoms with Gasteiger partial charge < -0.3 is 9.04 Å². The van der Waals surface area contributed by atoms with Crippen molar-refractivity contribution in [3.05, 3.63) is 0 Å². The van der Waals surface area contributed by atoms with Gasteiger partial charge in [0.15, 0.2) is 0 Å². The molecule has 0 atom stereocenters. The lowest BCUT2D eigenvalue weighted by Crippen LogP contribution is -2.35. The van der Waals surface area contributed by atoms with Gasteiger partial charge in [-0.2, -0.15) is 0 Å². The SMILES string of the molecule is CCCCCCCCCCC=NCCC[N+](C)(C)C.COS(=O)(=O)[O-]. The standard InChI is InChI=1S/C17H37N2.CH4O4S/c1-5-6-7-8-9-10-11-12-13-15-18-16-14-17-19(2,3)4;1-5-6(2,3)4/h15H,5-14,16-17H2,1-4H3;1H3,(H,2,3,4)/q+1;/p-1. The summed E-state index contributed by atoms with van der Waals surface area (Å²) in [5.41, 5.74) is 0. The Morgan fingerprint density at radius 2 is 1.44 bits per heavy atom. The predicted octanol–water partition coefficient (Wildman–Crippen LogP) is 3.78. The molecule has 25 heavy (non-hydrogen) atoms. The minimum absolute atomic E-state index is 0.808. The number of rotatable bonds is 14. The topological polar surface area (TPSA) is 78.8 Å². The first-order valence-corrected chi connectivity index (χ1v) is 10.8. The van der Waals surface area contributed by atoms with Crippen molar-refractivity contribution in [3.63, 3.8) is 0 Å². The molecule has 0 fully saturated rings. The van der Waals surface area contributed by atoms with Crippen LogP contribution in [0.1, 0.15) is 71.1 Å². The van der Waals surface area contributed by atoms with E-state index in [-0.39, 0.29) is 0 Å². The van der Waals surface area contributed by atoms with E-state index in [9.17, 15) is 13.0 Å². The van der Waals surface area contributed by atoms with Gasteiger partial charge in [0.1, 0.15) is 0 Å². The highest BCUT2D eigenvalue weighted by Gasteiger charge is 2.04. The van der Waals surface area contributed by atoms with Crippen molar-refractivity contribution in [1.29, 1.82) is 0 Å². The molecule has 0 aliphatic carbocycles. The first-order valence-electron chi connectivity index (χ1n) is 9.42. The summed E-state index contributed by atoms with van der Waals surface area (Å²) in [6.45, 7) is 4.50. The molecule has 0 bridgehead atoms. The molecule has 0 heterocycles. The molecule has 0 aliphatic heterocycles. The molecule has 0 aromatic heterocycles. The van der Waals surface area contributed by atoms with Gasteiger partial charge in [-0.05, 0) is 19.1 Å². The maximum Gasteiger partial charge on any atom is 0.217 e. The average Bonchev–Trinajstić information content (AvgIpc) is 2.51. The lowest BCUT2D eigenvalue weighted by atomic mass is 10.1. The minimum Gasteiger partial charge on any atom is -0.726 e. The molecule has 0 saturated carbocycles. The summed E-state index contributed by atoms with van der Waals surface area (Å²) in [5, 5.41) is 0. The molecule has 0 amide bonds. The van der Waals surface area contributed by atoms with Crippen molar-refractivity contribution in [2.45, 2.75) is 71.1 Å². The molecule has 7 heteroatoms. The fourth-order valence-corrected chi connectivity index (χ4v) is 2.19. The Morgan fingerprint density at radius 1 is 0.960 bits per heavy atom. The number of quaternary nitrogens is 1. The molecule has 0 N–H and O–H groups in total. The van der Waals surface area contributed by atoms with E-state index < -0.39 is 10.4 Å². The number of unbranched alkanes of at least 4 members (excludes halogenated alkanes) is 8. The van der Waals surface area contributed by atoms with Gasteiger partial charge in [-0.1, -0.05) is 51.9 Å². The van der Waals surface area contributed by atoms with Crippen LogP contribution < -0.4 is 0 Å². The summed E-state index contributed by atoms with van der Waals surface area (Å²) in [5.74, 6) is 0. The lowest BCUT2D eigenvalue weighted by molar-refractivity contribution is -0.870. The highest BCUT2D eigenvalue weighted by molar-refractivity contribution is 7.80. The number of nitrogens with zero attached hydrogens (tertiary/aromatic N) is 2. The van der Waals surface area contributed by atoms with Crippen LogP contribution in [-0.4, -0.2) is 65.0 Å². The molecule has 0 aromatic carbocycles. The summed E-state index contributed by atoms with van der Waals surface area (Å²) in [7, 11) is 3.12. The highest BCUT2D eigenvalue weighted by Crippen LogP contribution is 2.08. The summed E-state index contributed by atoms with van der Waals surface area (Å²) >= 11 is 0. The van der Waals surface area contributed by atoms with Crippen LogP contribution in [0.4, 0.5) is 0 Å². The zero-order chi connectivity index (χ0) is 19.6. The molecular weight excluding hydrogens is 340 g/mol. The zero-order valence-electron chi connectivity index (χ0n) is 17.0. The van der Waals surface area contributed by atoms with Crippen LogP contribution in [-0.2, 0) is 14.6 Å². The van der Waals surface area contributed by atoms with Crippen LogP contribution in [0.3, 0.4) is 0 Å². The fourth-order valence-electron chi connectivity index (χ4n) is 2.19. The lowest BCUT2D eigenvalue weighted by Gasteiger charge is -2.23. The van der Waals surface area contributed by atoms with E-state index in [1.165, 1.54) is 70.8 Å². The summed E-state index contributed by atoms with van der Waals surface area (Å²) < 4.78 is 32.1. The Kier molecular flexibility index (Phi) is 18.1. The first-order chi connectivity index (χ1) is 11.6. The minimum atomic E-state index is -4.41. The Morgan fingerprint density at radius 3 is 1.88 bits per heavy atom. The van der Waals surface area contributed by atoms with E-state index in [0.717, 1.165) is 18.1 Å². The van der Waals surface area contributed by atoms with Crippen LogP contribution in [0.2, 0.25) is 0 Å². The van der Waals surface area contributed by atoms with Gasteiger partial charge in [-0.25, -0.2) is 8.42 Å². The summed E-state index contributed by atoms with van der Waals surface area (Å²) in [6.07, 6.45) is 15.7. The number of hydrogen-bond donors (Lipinski definition) is 0. The molecule has 0 aliphatic rings. The maximum absolute atomic E-state index is 9.22. The van der Waals surface area contributed by atoms with Crippen molar-refractivity contribution in [2.75, 3.05) is 41.3 Å². The van der Waals surface area contributed by atoms with Crippen LogP contribution in [0, 0.1) is 0 Å². The van der Waals surface area contributed by atoms with E-state index in [0.29, 0.717) is 0 Å². The summed E-state index contributed by atoms with van der Waals surface area (Å²) in [6, 6.07) is 0. The van der Waals surface area contributed by atoms with Crippen LogP contribution in [0.15, 0.2) is 4.99 Å². The van der Waals surface area contributed by atoms with E-state index in [4.69, 9.17) is 0 Å². The van der Waals surface area contributed by atoms with Crippen molar-refractivity contribution in [3.8, 4) is 0 Å². The van der Waals surface area contributed by atoms with Gasteiger partial charge >= 0.3 is 0 Å². The largest absolute Gasteiger partial charge is 0.726 e. The second kappa shape index (κ2) is 16.9. The highest BCUT2D eigenvalue weighted by atomic mass is 32.3. The van der Waals surface area contributed by atoms with Gasteiger partial charge in [0.05, 0.1) is 34.8 Å². The first kappa shape index (κ1) is 26.7. The quantitative estimate of drug-likeness (QED) is 0.151. The van der Waals surface area contributed by atoms with Gasteiger partial charge in [0, 0.05) is 13.0 Å². The monoisotopic (exact) mass is 380 g/mol. The normalized spacial score (nSPS) is 12.2. The van der Waals surface area contributed by atoms with Gasteiger partial charge in [-0.3, -0.25) is 9.18 Å². The van der Waals surface area contributed by atoms with E-state index in [2.05, 4.69) is 43.5 Å². The molecular formula is C18H40N2O4S. The van der Waals surface area contributed by atoms with Crippen molar-refractivity contribution in [2.24, 2.45) is 4.99 Å². The van der Waals surface area contributed by atoms with E-state index >= 15 is 0 Å². The van der Waals surface area contributed by atoms with E-state index in [1.807, 2.05) is 0 Å².